The fourth-order valence-electron chi connectivity index (χ4n) is 2.96. The van der Waals surface area contributed by atoms with Crippen molar-refractivity contribution in [2.75, 3.05) is 37.8 Å². The zero-order valence-electron chi connectivity index (χ0n) is 18.1. The van der Waals surface area contributed by atoms with Gasteiger partial charge in [-0.1, -0.05) is 32.8 Å². The lowest BCUT2D eigenvalue weighted by atomic mass is 10.1. The van der Waals surface area contributed by atoms with Crippen LogP contribution in [-0.4, -0.2) is 53.1 Å². The van der Waals surface area contributed by atoms with Crippen LogP contribution in [0.4, 0.5) is 11.8 Å². The minimum absolute atomic E-state index is 0.349. The van der Waals surface area contributed by atoms with Gasteiger partial charge in [-0.15, -0.1) is 0 Å². The molecule has 6 nitrogen and oxygen atoms in total. The molecule has 28 heavy (non-hydrogen) atoms. The predicted octanol–water partition coefficient (Wildman–Crippen LogP) is 4.46. The van der Waals surface area contributed by atoms with E-state index in [-0.39, 0.29) is 0 Å². The largest absolute Gasteiger partial charge is 0.367 e. The summed E-state index contributed by atoms with van der Waals surface area (Å²) in [7, 11) is 4.18. The second-order valence-corrected chi connectivity index (χ2v) is 7.68. The maximum Gasteiger partial charge on any atom is 0.224 e. The summed E-state index contributed by atoms with van der Waals surface area (Å²) < 4.78 is 0. The smallest absolute Gasteiger partial charge is 0.224 e. The number of pyridine rings is 1. The summed E-state index contributed by atoms with van der Waals surface area (Å²) in [6.07, 6.45) is 9.32. The third-order valence-electron chi connectivity index (χ3n) is 4.66. The molecule has 1 atom stereocenters. The molecular weight excluding hydrogens is 348 g/mol. The summed E-state index contributed by atoms with van der Waals surface area (Å²) in [6, 6.07) is 4.57. The summed E-state index contributed by atoms with van der Waals surface area (Å²) in [5, 5.41) is 6.88. The highest BCUT2D eigenvalue weighted by molar-refractivity contribution is 5.72. The van der Waals surface area contributed by atoms with Crippen LogP contribution in [0.5, 0.6) is 0 Å². The van der Waals surface area contributed by atoms with Gasteiger partial charge in [0.15, 0.2) is 0 Å². The molecule has 2 rings (SSSR count). The Kier molecular flexibility index (Phi) is 9.14. The van der Waals surface area contributed by atoms with Gasteiger partial charge in [0, 0.05) is 31.5 Å². The number of unbranched alkanes of at least 4 members (excludes halogenated alkanes) is 1. The Bertz CT molecular complexity index is 699. The van der Waals surface area contributed by atoms with E-state index in [0.29, 0.717) is 12.0 Å². The lowest BCUT2D eigenvalue weighted by molar-refractivity contribution is 0.413. The Morgan fingerprint density at radius 3 is 2.54 bits per heavy atom. The van der Waals surface area contributed by atoms with Gasteiger partial charge in [0.25, 0.3) is 0 Å². The number of hydrogen-bond donors (Lipinski definition) is 2. The molecule has 0 saturated carbocycles. The molecule has 0 aliphatic rings. The van der Waals surface area contributed by atoms with Gasteiger partial charge in [-0.25, -0.2) is 4.98 Å². The van der Waals surface area contributed by atoms with E-state index in [1.807, 2.05) is 12.4 Å². The van der Waals surface area contributed by atoms with Crippen molar-refractivity contribution in [3.05, 3.63) is 30.1 Å². The van der Waals surface area contributed by atoms with E-state index in [0.717, 1.165) is 62.3 Å². The second-order valence-electron chi connectivity index (χ2n) is 7.68. The van der Waals surface area contributed by atoms with Crippen molar-refractivity contribution >= 4 is 11.8 Å². The lowest BCUT2D eigenvalue weighted by Gasteiger charge is -2.17. The zero-order chi connectivity index (χ0) is 20.4. The molecule has 0 bridgehead atoms. The quantitative estimate of drug-likeness (QED) is 0.527. The minimum Gasteiger partial charge on any atom is -0.367 e. The molecule has 0 aromatic carbocycles. The first kappa shape index (κ1) is 22.1. The Morgan fingerprint density at radius 1 is 1.07 bits per heavy atom. The fourth-order valence-corrected chi connectivity index (χ4v) is 2.96. The molecule has 2 aromatic heterocycles. The average molecular weight is 385 g/mol. The third-order valence-corrected chi connectivity index (χ3v) is 4.66. The molecule has 0 fully saturated rings. The van der Waals surface area contributed by atoms with Crippen LogP contribution >= 0.6 is 0 Å². The number of nitrogens with one attached hydrogen (secondary N) is 2. The first-order chi connectivity index (χ1) is 13.5. The second kappa shape index (κ2) is 11.6. The average Bonchev–Trinajstić information content (AvgIpc) is 2.67. The number of rotatable bonds is 12. The van der Waals surface area contributed by atoms with E-state index >= 15 is 0 Å². The third kappa shape index (κ3) is 7.08. The molecule has 6 heteroatoms. The van der Waals surface area contributed by atoms with Gasteiger partial charge in [0.05, 0.1) is 11.3 Å². The maximum absolute atomic E-state index is 4.75. The van der Waals surface area contributed by atoms with E-state index in [1.54, 1.807) is 0 Å². The summed E-state index contributed by atoms with van der Waals surface area (Å²) in [6.45, 7) is 8.48. The van der Waals surface area contributed by atoms with Crippen molar-refractivity contribution < 1.29 is 0 Å². The predicted molar refractivity (Wildman–Crippen MR) is 119 cm³/mol. The summed E-state index contributed by atoms with van der Waals surface area (Å²) in [5.74, 6) is 1.52. The molecule has 2 aromatic rings. The van der Waals surface area contributed by atoms with Crippen LogP contribution < -0.4 is 10.6 Å². The van der Waals surface area contributed by atoms with Crippen molar-refractivity contribution in [1.29, 1.82) is 0 Å². The Balaban J connectivity index is 2.22. The number of aromatic nitrogens is 3. The number of likely N-dealkylation sites (N-methyl/N-ethyl adjacent to an activating group) is 1. The normalized spacial score (nSPS) is 12.2. The van der Waals surface area contributed by atoms with Crippen LogP contribution in [-0.2, 0) is 6.42 Å². The number of anilines is 2. The molecule has 0 unspecified atom stereocenters. The molecule has 0 saturated heterocycles. The van der Waals surface area contributed by atoms with E-state index in [2.05, 4.69) is 72.5 Å². The van der Waals surface area contributed by atoms with Crippen molar-refractivity contribution in [2.45, 2.75) is 58.9 Å². The van der Waals surface area contributed by atoms with Gasteiger partial charge in [0.1, 0.15) is 5.82 Å². The molecule has 154 valence electrons. The van der Waals surface area contributed by atoms with Crippen LogP contribution in [0.1, 0.15) is 52.0 Å². The van der Waals surface area contributed by atoms with Gasteiger partial charge < -0.3 is 15.5 Å². The van der Waals surface area contributed by atoms with Crippen molar-refractivity contribution in [1.82, 2.24) is 19.9 Å². The van der Waals surface area contributed by atoms with Crippen molar-refractivity contribution in [3.8, 4) is 11.3 Å². The molecule has 2 heterocycles. The highest BCUT2D eigenvalue weighted by Crippen LogP contribution is 2.26. The standard InChI is InChI=1S/C22H36N6/c1-6-8-13-23-22-25-16-19(21(27-22)26-17(3)9-7-2)20-11-10-18(15-24-20)12-14-28(4)5/h10-11,15-17H,6-9,12-14H2,1-5H3,(H2,23,25,26,27)/t17-/m1/s1. The van der Waals surface area contributed by atoms with Crippen LogP contribution in [0.2, 0.25) is 0 Å². The molecule has 0 spiro atoms. The van der Waals surface area contributed by atoms with Gasteiger partial charge in [0.2, 0.25) is 5.95 Å². The SMILES string of the molecule is CCCCNc1ncc(-c2ccc(CCN(C)C)cn2)c(N[C@H](C)CCC)n1. The summed E-state index contributed by atoms with van der Waals surface area (Å²) >= 11 is 0. The van der Waals surface area contributed by atoms with Gasteiger partial charge >= 0.3 is 0 Å². The minimum atomic E-state index is 0.349. The summed E-state index contributed by atoms with van der Waals surface area (Å²) in [5.41, 5.74) is 3.09. The molecule has 2 N–H and O–H groups in total. The van der Waals surface area contributed by atoms with Gasteiger partial charge in [-0.3, -0.25) is 4.98 Å². The molecular formula is C22H36N6. The van der Waals surface area contributed by atoms with Crippen LogP contribution in [0.3, 0.4) is 0 Å². The maximum atomic E-state index is 4.75. The van der Waals surface area contributed by atoms with E-state index < -0.39 is 0 Å². The van der Waals surface area contributed by atoms with Crippen LogP contribution in [0.25, 0.3) is 11.3 Å². The van der Waals surface area contributed by atoms with E-state index in [9.17, 15) is 0 Å². The first-order valence-electron chi connectivity index (χ1n) is 10.5. The van der Waals surface area contributed by atoms with E-state index in [4.69, 9.17) is 4.98 Å². The molecule has 0 aliphatic carbocycles. The highest BCUT2D eigenvalue weighted by atomic mass is 15.1. The van der Waals surface area contributed by atoms with E-state index in [1.165, 1.54) is 5.56 Å². The monoisotopic (exact) mass is 384 g/mol. The fraction of sp³-hybridized carbons (Fsp3) is 0.591. The Hall–Kier alpha value is -2.21. The van der Waals surface area contributed by atoms with Crippen LogP contribution in [0, 0.1) is 0 Å². The van der Waals surface area contributed by atoms with Crippen LogP contribution in [0.15, 0.2) is 24.5 Å². The lowest BCUT2D eigenvalue weighted by Crippen LogP contribution is -2.17. The summed E-state index contributed by atoms with van der Waals surface area (Å²) in [4.78, 5) is 16.1. The first-order valence-corrected chi connectivity index (χ1v) is 10.5. The van der Waals surface area contributed by atoms with Crippen molar-refractivity contribution in [2.24, 2.45) is 0 Å². The Morgan fingerprint density at radius 2 is 1.89 bits per heavy atom. The van der Waals surface area contributed by atoms with Crippen molar-refractivity contribution in [3.63, 3.8) is 0 Å². The number of hydrogen-bond acceptors (Lipinski definition) is 6. The highest BCUT2D eigenvalue weighted by Gasteiger charge is 2.13. The zero-order valence-corrected chi connectivity index (χ0v) is 18.1. The molecule has 0 aliphatic heterocycles. The Labute approximate surface area is 170 Å². The molecule has 0 radical (unpaired) electrons. The van der Waals surface area contributed by atoms with Gasteiger partial charge in [-0.05, 0) is 51.9 Å². The van der Waals surface area contributed by atoms with Gasteiger partial charge in [-0.2, -0.15) is 4.98 Å². The topological polar surface area (TPSA) is 66.0 Å². The number of nitrogens with zero attached hydrogens (tertiary/aromatic N) is 4. The molecule has 0 amide bonds.